The molecule has 0 radical (unpaired) electrons. The summed E-state index contributed by atoms with van der Waals surface area (Å²) in [5.41, 5.74) is 1.64. The number of fused-ring (bicyclic) bond motifs is 5. The summed E-state index contributed by atoms with van der Waals surface area (Å²) in [7, 11) is 0. The van der Waals surface area contributed by atoms with E-state index >= 15 is 0 Å². The Labute approximate surface area is 188 Å². The van der Waals surface area contributed by atoms with Crippen LogP contribution < -0.4 is 4.74 Å². The molecule has 0 aromatic heterocycles. The first kappa shape index (κ1) is 20.5. The number of imide groups is 1. The minimum Gasteiger partial charge on any atom is -0.487 e. The van der Waals surface area contributed by atoms with Gasteiger partial charge in [-0.05, 0) is 59.7 Å². The lowest BCUT2D eigenvalue weighted by molar-refractivity contribution is -0.140. The molecule has 4 atom stereocenters. The van der Waals surface area contributed by atoms with E-state index in [1.54, 1.807) is 30.3 Å². The summed E-state index contributed by atoms with van der Waals surface area (Å²) in [5, 5.41) is 14.5. The summed E-state index contributed by atoms with van der Waals surface area (Å²) in [6.07, 6.45) is 6.42. The van der Waals surface area contributed by atoms with Gasteiger partial charge in [-0.2, -0.15) is 10.1 Å². The summed E-state index contributed by atoms with van der Waals surface area (Å²) >= 11 is 6.32. The Morgan fingerprint density at radius 1 is 1.09 bits per heavy atom. The number of nitrogens with zero attached hydrogens (tertiary/aromatic N) is 2. The fourth-order valence-corrected chi connectivity index (χ4v) is 4.99. The van der Waals surface area contributed by atoms with Gasteiger partial charge in [-0.1, -0.05) is 35.9 Å². The Balaban J connectivity index is 1.24. The molecule has 32 heavy (non-hydrogen) atoms. The third-order valence-electron chi connectivity index (χ3n) is 6.32. The number of aromatic carboxylic acids is 1. The molecule has 1 saturated carbocycles. The first-order valence-corrected chi connectivity index (χ1v) is 10.6. The van der Waals surface area contributed by atoms with Crippen LogP contribution in [0.15, 0.2) is 59.7 Å². The van der Waals surface area contributed by atoms with Crippen LogP contribution in [0.3, 0.4) is 0 Å². The van der Waals surface area contributed by atoms with Gasteiger partial charge in [-0.3, -0.25) is 9.59 Å². The zero-order chi connectivity index (χ0) is 22.4. The van der Waals surface area contributed by atoms with E-state index in [0.717, 1.165) is 17.0 Å². The number of carbonyl (C=O) groups is 3. The van der Waals surface area contributed by atoms with Crippen molar-refractivity contribution < 1.29 is 24.2 Å². The number of carbonyl (C=O) groups excluding carboxylic acids is 2. The third-order valence-corrected chi connectivity index (χ3v) is 6.62. The van der Waals surface area contributed by atoms with E-state index in [4.69, 9.17) is 21.4 Å². The molecule has 1 heterocycles. The number of halogens is 1. The zero-order valence-corrected chi connectivity index (χ0v) is 17.6. The maximum Gasteiger partial charge on any atom is 0.335 e. The standard InChI is InChI=1S/C24H19ClN2O5/c25-18-9-14(3-8-19(18)32-12-13-1-4-15(5-2-13)24(30)31)11-26-27-22(28)20-16-6-7-17(10-16)21(20)23(27)29/h1-9,11,16-17,20-21H,10,12H2,(H,30,31)/t16-,17-,20-,21+/m0/s1. The van der Waals surface area contributed by atoms with E-state index in [1.807, 2.05) is 12.2 Å². The van der Waals surface area contributed by atoms with E-state index in [1.165, 1.54) is 18.3 Å². The van der Waals surface area contributed by atoms with Gasteiger partial charge in [0.2, 0.25) is 0 Å². The number of carboxylic acids is 1. The molecule has 2 amide bonds. The predicted molar refractivity (Wildman–Crippen MR) is 116 cm³/mol. The molecule has 1 aliphatic heterocycles. The monoisotopic (exact) mass is 450 g/mol. The molecule has 0 unspecified atom stereocenters. The van der Waals surface area contributed by atoms with Crippen LogP contribution in [-0.2, 0) is 16.2 Å². The second kappa shape index (κ2) is 7.91. The smallest absolute Gasteiger partial charge is 0.335 e. The molecule has 0 spiro atoms. The Kier molecular flexibility index (Phi) is 5.06. The van der Waals surface area contributed by atoms with Crippen LogP contribution in [0.2, 0.25) is 5.02 Å². The van der Waals surface area contributed by atoms with Gasteiger partial charge in [0.1, 0.15) is 12.4 Å². The first-order valence-electron chi connectivity index (χ1n) is 10.3. The fourth-order valence-electron chi connectivity index (χ4n) is 4.74. The lowest BCUT2D eigenvalue weighted by Crippen LogP contribution is -2.28. The molecular formula is C24H19ClN2O5. The molecule has 2 bridgehead atoms. The van der Waals surface area contributed by atoms with Crippen molar-refractivity contribution in [2.75, 3.05) is 0 Å². The highest BCUT2D eigenvalue weighted by Gasteiger charge is 2.59. The van der Waals surface area contributed by atoms with Crippen LogP contribution in [0.5, 0.6) is 5.75 Å². The Morgan fingerprint density at radius 3 is 2.34 bits per heavy atom. The third kappa shape index (κ3) is 3.48. The highest BCUT2D eigenvalue weighted by molar-refractivity contribution is 6.32. The molecular weight excluding hydrogens is 432 g/mol. The van der Waals surface area contributed by atoms with Crippen LogP contribution >= 0.6 is 11.6 Å². The van der Waals surface area contributed by atoms with Crippen LogP contribution in [-0.4, -0.2) is 34.1 Å². The Bertz CT molecular complexity index is 1140. The van der Waals surface area contributed by atoms with Gasteiger partial charge in [-0.15, -0.1) is 0 Å². The van der Waals surface area contributed by atoms with Gasteiger partial charge in [0.15, 0.2) is 0 Å². The molecule has 162 valence electrons. The van der Waals surface area contributed by atoms with Crippen molar-refractivity contribution in [3.63, 3.8) is 0 Å². The Morgan fingerprint density at radius 2 is 1.75 bits per heavy atom. The molecule has 2 aromatic carbocycles. The highest BCUT2D eigenvalue weighted by Crippen LogP contribution is 2.52. The van der Waals surface area contributed by atoms with Crippen LogP contribution in [0.1, 0.15) is 27.9 Å². The summed E-state index contributed by atoms with van der Waals surface area (Å²) in [6.45, 7) is 0.225. The van der Waals surface area contributed by atoms with Gasteiger partial charge in [0.25, 0.3) is 11.8 Å². The van der Waals surface area contributed by atoms with Gasteiger partial charge >= 0.3 is 5.97 Å². The quantitative estimate of drug-likeness (QED) is 0.410. The highest BCUT2D eigenvalue weighted by atomic mass is 35.5. The lowest BCUT2D eigenvalue weighted by atomic mass is 9.85. The van der Waals surface area contributed by atoms with Crippen molar-refractivity contribution in [2.24, 2.45) is 28.8 Å². The number of hydrogen-bond acceptors (Lipinski definition) is 5. The lowest BCUT2D eigenvalue weighted by Gasteiger charge is -2.13. The van der Waals surface area contributed by atoms with Gasteiger partial charge < -0.3 is 9.84 Å². The molecule has 8 heteroatoms. The van der Waals surface area contributed by atoms with Crippen molar-refractivity contribution in [3.8, 4) is 5.75 Å². The maximum absolute atomic E-state index is 12.7. The van der Waals surface area contributed by atoms with E-state index in [9.17, 15) is 14.4 Å². The van der Waals surface area contributed by atoms with Crippen molar-refractivity contribution in [1.29, 1.82) is 0 Å². The van der Waals surface area contributed by atoms with E-state index in [2.05, 4.69) is 5.10 Å². The number of benzene rings is 2. The molecule has 1 N–H and O–H groups in total. The molecule has 2 fully saturated rings. The number of amides is 2. The predicted octanol–water partition coefficient (Wildman–Crippen LogP) is 3.76. The fraction of sp³-hybridized carbons (Fsp3) is 0.250. The number of rotatable bonds is 6. The molecule has 2 aliphatic carbocycles. The summed E-state index contributed by atoms with van der Waals surface area (Å²) in [4.78, 5) is 36.3. The average molecular weight is 451 g/mol. The molecule has 2 aromatic rings. The topological polar surface area (TPSA) is 96.3 Å². The van der Waals surface area contributed by atoms with E-state index in [0.29, 0.717) is 16.3 Å². The minimum atomic E-state index is -0.984. The zero-order valence-electron chi connectivity index (χ0n) is 16.8. The normalized spacial score (nSPS) is 25.7. The number of carboxylic acid groups (broad SMARTS) is 1. The SMILES string of the molecule is O=C(O)c1ccc(COc2ccc(C=NN3C(=O)[C@@H]4[C@H](C3=O)[C@H]3C=C[C@H]4C3)cc2Cl)cc1. The van der Waals surface area contributed by atoms with Crippen molar-refractivity contribution in [3.05, 3.63) is 76.3 Å². The maximum atomic E-state index is 12.7. The summed E-state index contributed by atoms with van der Waals surface area (Å²) < 4.78 is 5.72. The minimum absolute atomic E-state index is 0.146. The second-order valence-electron chi connectivity index (χ2n) is 8.21. The summed E-state index contributed by atoms with van der Waals surface area (Å²) in [5.74, 6) is -1.25. The number of hydrazone groups is 1. The average Bonchev–Trinajstić information content (AvgIpc) is 3.46. The van der Waals surface area contributed by atoms with Crippen LogP contribution in [0, 0.1) is 23.7 Å². The van der Waals surface area contributed by atoms with Crippen molar-refractivity contribution >= 4 is 35.6 Å². The summed E-state index contributed by atoms with van der Waals surface area (Å²) in [6, 6.07) is 11.4. The van der Waals surface area contributed by atoms with Gasteiger partial charge in [0, 0.05) is 0 Å². The van der Waals surface area contributed by atoms with Crippen LogP contribution in [0.25, 0.3) is 0 Å². The van der Waals surface area contributed by atoms with Crippen molar-refractivity contribution in [1.82, 2.24) is 5.01 Å². The van der Waals surface area contributed by atoms with Gasteiger partial charge in [-0.25, -0.2) is 4.79 Å². The molecule has 1 saturated heterocycles. The van der Waals surface area contributed by atoms with Crippen molar-refractivity contribution in [2.45, 2.75) is 13.0 Å². The molecule has 3 aliphatic rings. The second-order valence-corrected chi connectivity index (χ2v) is 8.62. The number of hydrogen-bond donors (Lipinski definition) is 1. The van der Waals surface area contributed by atoms with Crippen LogP contribution in [0.4, 0.5) is 0 Å². The molecule has 7 nitrogen and oxygen atoms in total. The number of allylic oxidation sites excluding steroid dienone is 2. The largest absolute Gasteiger partial charge is 0.487 e. The molecule has 5 rings (SSSR count). The van der Waals surface area contributed by atoms with Gasteiger partial charge in [0.05, 0.1) is 28.6 Å². The number of ether oxygens (including phenoxy) is 1. The van der Waals surface area contributed by atoms with E-state index < -0.39 is 5.97 Å². The first-order chi connectivity index (χ1) is 15.4. The van der Waals surface area contributed by atoms with E-state index in [-0.39, 0.29) is 47.7 Å². The Hall–Kier alpha value is -3.45.